The van der Waals surface area contributed by atoms with Crippen molar-refractivity contribution in [2.24, 2.45) is 0 Å². The van der Waals surface area contributed by atoms with Crippen molar-refractivity contribution in [2.45, 2.75) is 38.3 Å². The molecule has 2 aliphatic heterocycles. The highest BCUT2D eigenvalue weighted by Crippen LogP contribution is 2.30. The van der Waals surface area contributed by atoms with Crippen LogP contribution in [-0.2, 0) is 9.59 Å². The normalized spacial score (nSPS) is 18.3. The molecule has 2 aromatic carbocycles. The number of imide groups is 1. The molecule has 0 spiro atoms. The quantitative estimate of drug-likeness (QED) is 0.612. The molecule has 2 saturated heterocycles. The Kier molecular flexibility index (Phi) is 7.16. The van der Waals surface area contributed by atoms with Crippen LogP contribution >= 0.6 is 0 Å². The summed E-state index contributed by atoms with van der Waals surface area (Å²) in [5.74, 6) is -0.940. The molecule has 2 aliphatic rings. The third kappa shape index (κ3) is 5.51. The van der Waals surface area contributed by atoms with Crippen molar-refractivity contribution < 1.29 is 23.2 Å². The molecule has 0 saturated carbocycles. The number of benzene rings is 2. The molecule has 186 valence electrons. The fourth-order valence-corrected chi connectivity index (χ4v) is 4.70. The van der Waals surface area contributed by atoms with Gasteiger partial charge in [0.15, 0.2) is 0 Å². The lowest BCUT2D eigenvalue weighted by atomic mass is 9.96. The summed E-state index contributed by atoms with van der Waals surface area (Å²) in [6, 6.07) is 12.0. The molecule has 0 atom stereocenters. The number of piperazine rings is 1. The third-order valence-electron chi connectivity index (χ3n) is 6.62. The van der Waals surface area contributed by atoms with Crippen molar-refractivity contribution in [3.8, 4) is 0 Å². The topological polar surface area (TPSA) is 73.0 Å². The molecule has 35 heavy (non-hydrogen) atoms. The number of carbonyl (C=O) groups is 3. The first-order valence-corrected chi connectivity index (χ1v) is 11.8. The van der Waals surface area contributed by atoms with Crippen LogP contribution in [0.2, 0.25) is 0 Å². The second-order valence-corrected chi connectivity index (χ2v) is 9.54. The maximum Gasteiger partial charge on any atom is 0.325 e. The summed E-state index contributed by atoms with van der Waals surface area (Å²) >= 11 is 0. The SMILES string of the molecule is CC1(C)NC(=O)N(CCCC(=O)N2CCN(C(c3ccc(F)cc3)c3ccc(F)cc3)CC2)C1=O. The van der Waals surface area contributed by atoms with Gasteiger partial charge in [0, 0.05) is 39.1 Å². The Morgan fingerprint density at radius 2 is 1.43 bits per heavy atom. The van der Waals surface area contributed by atoms with Crippen LogP contribution in [-0.4, -0.2) is 70.8 Å². The number of urea groups is 1. The number of halogens is 2. The Morgan fingerprint density at radius 1 is 0.914 bits per heavy atom. The summed E-state index contributed by atoms with van der Waals surface area (Å²) < 4.78 is 27.0. The summed E-state index contributed by atoms with van der Waals surface area (Å²) in [6.07, 6.45) is 0.652. The standard InChI is InChI=1S/C26H30F2N4O3/c1-26(2)24(34)32(25(35)29-26)13-3-4-22(33)30-14-16-31(17-15-30)23(18-5-9-20(27)10-6-18)19-7-11-21(28)12-8-19/h5-12,23H,3-4,13-17H2,1-2H3,(H,29,35). The molecular weight excluding hydrogens is 454 g/mol. The first-order chi connectivity index (χ1) is 16.7. The van der Waals surface area contributed by atoms with E-state index in [9.17, 15) is 23.2 Å². The molecule has 1 N–H and O–H groups in total. The number of nitrogens with one attached hydrogen (secondary N) is 1. The van der Waals surface area contributed by atoms with Gasteiger partial charge in [-0.3, -0.25) is 19.4 Å². The molecule has 4 amide bonds. The van der Waals surface area contributed by atoms with Crippen molar-refractivity contribution in [3.63, 3.8) is 0 Å². The molecular formula is C26H30F2N4O3. The van der Waals surface area contributed by atoms with E-state index < -0.39 is 11.6 Å². The maximum atomic E-state index is 13.5. The van der Waals surface area contributed by atoms with Gasteiger partial charge in [-0.05, 0) is 55.7 Å². The lowest BCUT2D eigenvalue weighted by molar-refractivity contribution is -0.134. The Bertz CT molecular complexity index is 1040. The Balaban J connectivity index is 1.35. The number of nitrogens with zero attached hydrogens (tertiary/aromatic N) is 3. The summed E-state index contributed by atoms with van der Waals surface area (Å²) in [4.78, 5) is 42.2. The zero-order valence-corrected chi connectivity index (χ0v) is 20.0. The van der Waals surface area contributed by atoms with Crippen LogP contribution in [0.15, 0.2) is 48.5 Å². The minimum absolute atomic E-state index is 0.0175. The zero-order chi connectivity index (χ0) is 25.2. The number of amides is 4. The Labute approximate surface area is 203 Å². The molecule has 9 heteroatoms. The highest BCUT2D eigenvalue weighted by molar-refractivity contribution is 6.06. The van der Waals surface area contributed by atoms with Gasteiger partial charge in [-0.15, -0.1) is 0 Å². The number of hydrogen-bond donors (Lipinski definition) is 1. The molecule has 0 aliphatic carbocycles. The molecule has 0 unspecified atom stereocenters. The molecule has 7 nitrogen and oxygen atoms in total. The average Bonchev–Trinajstić information content (AvgIpc) is 3.03. The van der Waals surface area contributed by atoms with Crippen LogP contribution in [0.1, 0.15) is 43.9 Å². The van der Waals surface area contributed by atoms with Crippen molar-refractivity contribution >= 4 is 17.8 Å². The fraction of sp³-hybridized carbons (Fsp3) is 0.423. The van der Waals surface area contributed by atoms with E-state index >= 15 is 0 Å². The van der Waals surface area contributed by atoms with E-state index in [1.165, 1.54) is 29.2 Å². The lowest BCUT2D eigenvalue weighted by Gasteiger charge is -2.40. The van der Waals surface area contributed by atoms with Crippen molar-refractivity contribution in [3.05, 3.63) is 71.3 Å². The largest absolute Gasteiger partial charge is 0.340 e. The van der Waals surface area contributed by atoms with E-state index in [4.69, 9.17) is 0 Å². The summed E-state index contributed by atoms with van der Waals surface area (Å²) in [6.45, 7) is 5.77. The molecule has 4 rings (SSSR count). The molecule has 2 aromatic rings. The molecule has 2 fully saturated rings. The summed E-state index contributed by atoms with van der Waals surface area (Å²) in [7, 11) is 0. The second kappa shape index (κ2) is 10.1. The van der Waals surface area contributed by atoms with Crippen molar-refractivity contribution in [1.82, 2.24) is 20.0 Å². The summed E-state index contributed by atoms with van der Waals surface area (Å²) in [5, 5.41) is 2.64. The van der Waals surface area contributed by atoms with Gasteiger partial charge in [0.1, 0.15) is 17.2 Å². The van der Waals surface area contributed by atoms with E-state index in [-0.39, 0.29) is 42.5 Å². The van der Waals surface area contributed by atoms with Crippen LogP contribution in [0.3, 0.4) is 0 Å². The van der Waals surface area contributed by atoms with E-state index in [1.54, 1.807) is 43.0 Å². The van der Waals surface area contributed by atoms with Gasteiger partial charge in [0.2, 0.25) is 5.91 Å². The molecule has 0 bridgehead atoms. The third-order valence-corrected chi connectivity index (χ3v) is 6.62. The van der Waals surface area contributed by atoms with E-state index in [1.807, 2.05) is 0 Å². The lowest BCUT2D eigenvalue weighted by Crippen LogP contribution is -2.50. The zero-order valence-electron chi connectivity index (χ0n) is 20.0. The van der Waals surface area contributed by atoms with Gasteiger partial charge in [-0.2, -0.15) is 0 Å². The number of rotatable bonds is 7. The Hall–Kier alpha value is -3.33. The van der Waals surface area contributed by atoms with Gasteiger partial charge in [0.05, 0.1) is 6.04 Å². The maximum absolute atomic E-state index is 13.5. The highest BCUT2D eigenvalue weighted by atomic mass is 19.1. The van der Waals surface area contributed by atoms with Crippen LogP contribution in [0.5, 0.6) is 0 Å². The minimum atomic E-state index is -0.914. The highest BCUT2D eigenvalue weighted by Gasteiger charge is 2.43. The first kappa shape index (κ1) is 24.8. The number of carbonyl (C=O) groups excluding carboxylic acids is 3. The summed E-state index contributed by atoms with van der Waals surface area (Å²) in [5.41, 5.74) is 0.881. The van der Waals surface area contributed by atoms with Crippen molar-refractivity contribution in [1.29, 1.82) is 0 Å². The van der Waals surface area contributed by atoms with E-state index in [0.29, 0.717) is 32.6 Å². The fourth-order valence-electron chi connectivity index (χ4n) is 4.70. The van der Waals surface area contributed by atoms with E-state index in [0.717, 1.165) is 11.1 Å². The van der Waals surface area contributed by atoms with Gasteiger partial charge >= 0.3 is 6.03 Å². The van der Waals surface area contributed by atoms with Crippen LogP contribution in [0, 0.1) is 11.6 Å². The first-order valence-electron chi connectivity index (χ1n) is 11.8. The van der Waals surface area contributed by atoms with Crippen molar-refractivity contribution in [2.75, 3.05) is 32.7 Å². The predicted octanol–water partition coefficient (Wildman–Crippen LogP) is 3.31. The Morgan fingerprint density at radius 3 is 1.89 bits per heavy atom. The van der Waals surface area contributed by atoms with Gasteiger partial charge in [-0.25, -0.2) is 13.6 Å². The van der Waals surface area contributed by atoms with Gasteiger partial charge < -0.3 is 10.2 Å². The van der Waals surface area contributed by atoms with Crippen LogP contribution < -0.4 is 5.32 Å². The second-order valence-electron chi connectivity index (χ2n) is 9.54. The molecule has 0 radical (unpaired) electrons. The van der Waals surface area contributed by atoms with Gasteiger partial charge in [0.25, 0.3) is 5.91 Å². The smallest absolute Gasteiger partial charge is 0.325 e. The van der Waals surface area contributed by atoms with E-state index in [2.05, 4.69) is 10.2 Å². The number of hydrogen-bond acceptors (Lipinski definition) is 4. The van der Waals surface area contributed by atoms with Crippen LogP contribution in [0.4, 0.5) is 13.6 Å². The minimum Gasteiger partial charge on any atom is -0.340 e. The molecule has 2 heterocycles. The molecule has 0 aromatic heterocycles. The predicted molar refractivity (Wildman–Crippen MR) is 126 cm³/mol. The van der Waals surface area contributed by atoms with Gasteiger partial charge in [-0.1, -0.05) is 24.3 Å². The monoisotopic (exact) mass is 484 g/mol. The average molecular weight is 485 g/mol. The van der Waals surface area contributed by atoms with Crippen LogP contribution in [0.25, 0.3) is 0 Å².